The van der Waals surface area contributed by atoms with Crippen molar-refractivity contribution in [1.82, 2.24) is 5.32 Å². The number of hydrogen-bond acceptors (Lipinski definition) is 4. The van der Waals surface area contributed by atoms with Crippen molar-refractivity contribution in [2.24, 2.45) is 0 Å². The van der Waals surface area contributed by atoms with Crippen molar-refractivity contribution in [3.05, 3.63) is 90.2 Å². The van der Waals surface area contributed by atoms with E-state index in [1.54, 1.807) is 0 Å². The minimum Gasteiger partial charge on any atom is -0.375 e. The van der Waals surface area contributed by atoms with Crippen molar-refractivity contribution in [2.45, 2.75) is 11.3 Å². The summed E-state index contributed by atoms with van der Waals surface area (Å²) in [6, 6.07) is 20.6. The molecule has 0 radical (unpaired) electrons. The molecule has 1 amide bonds. The van der Waals surface area contributed by atoms with Crippen molar-refractivity contribution < 1.29 is 17.6 Å². The molecule has 2 N–H and O–H groups in total. The molecule has 0 saturated heterocycles. The molecule has 0 aliphatic heterocycles. The molecule has 8 heteroatoms. The third-order valence-corrected chi connectivity index (χ3v) is 6.07. The van der Waals surface area contributed by atoms with Crippen molar-refractivity contribution in [3.63, 3.8) is 0 Å². The number of halogens is 1. The first-order valence-corrected chi connectivity index (χ1v) is 11.3. The summed E-state index contributed by atoms with van der Waals surface area (Å²) in [5.74, 6) is -0.720. The van der Waals surface area contributed by atoms with Gasteiger partial charge in [-0.3, -0.25) is 9.52 Å². The molecule has 3 aromatic rings. The molecular weight excluding hydrogens is 417 g/mol. The van der Waals surface area contributed by atoms with Gasteiger partial charge in [-0.1, -0.05) is 18.2 Å². The van der Waals surface area contributed by atoms with Gasteiger partial charge in [0.2, 0.25) is 0 Å². The second-order valence-corrected chi connectivity index (χ2v) is 8.69. The van der Waals surface area contributed by atoms with Crippen LogP contribution in [0.4, 0.5) is 15.8 Å². The van der Waals surface area contributed by atoms with Gasteiger partial charge in [0, 0.05) is 37.1 Å². The summed E-state index contributed by atoms with van der Waals surface area (Å²) in [7, 11) is -1.84. The van der Waals surface area contributed by atoms with Gasteiger partial charge in [-0.05, 0) is 67.1 Å². The number of rotatable bonds is 9. The molecule has 6 nitrogen and oxygen atoms in total. The van der Waals surface area contributed by atoms with Crippen LogP contribution in [-0.2, 0) is 10.0 Å². The molecule has 0 aliphatic rings. The third-order valence-electron chi connectivity index (χ3n) is 4.68. The lowest BCUT2D eigenvalue weighted by Gasteiger charge is -2.19. The fourth-order valence-corrected chi connectivity index (χ4v) is 4.01. The molecule has 0 fully saturated rings. The number of sulfonamides is 1. The zero-order valence-corrected chi connectivity index (χ0v) is 17.9. The number of para-hydroxylation sites is 1. The highest BCUT2D eigenvalue weighted by atomic mass is 32.2. The van der Waals surface area contributed by atoms with Crippen LogP contribution in [-0.4, -0.2) is 34.5 Å². The first kappa shape index (κ1) is 22.3. The highest BCUT2D eigenvalue weighted by molar-refractivity contribution is 7.92. The maximum Gasteiger partial charge on any atom is 0.261 e. The van der Waals surface area contributed by atoms with Crippen LogP contribution >= 0.6 is 0 Å². The summed E-state index contributed by atoms with van der Waals surface area (Å²) < 4.78 is 40.2. The van der Waals surface area contributed by atoms with Crippen molar-refractivity contribution >= 4 is 27.3 Å². The smallest absolute Gasteiger partial charge is 0.261 e. The average molecular weight is 442 g/mol. The Kier molecular flexibility index (Phi) is 7.25. The van der Waals surface area contributed by atoms with E-state index < -0.39 is 15.8 Å². The SMILES string of the molecule is CN(CCCNC(=O)c1ccc(S(=O)(=O)Nc2ccc(F)cc2)cc1)c1ccccc1. The number of carbonyl (C=O) groups excluding carboxylic acids is 1. The highest BCUT2D eigenvalue weighted by Crippen LogP contribution is 2.17. The Morgan fingerprint density at radius 2 is 1.58 bits per heavy atom. The lowest BCUT2D eigenvalue weighted by molar-refractivity contribution is 0.0953. The van der Waals surface area contributed by atoms with Gasteiger partial charge >= 0.3 is 0 Å². The zero-order valence-electron chi connectivity index (χ0n) is 17.1. The second kappa shape index (κ2) is 10.1. The van der Waals surface area contributed by atoms with Gasteiger partial charge < -0.3 is 10.2 Å². The summed E-state index contributed by atoms with van der Waals surface area (Å²) >= 11 is 0. The number of carbonyl (C=O) groups is 1. The van der Waals surface area contributed by atoms with Crippen LogP contribution in [0.2, 0.25) is 0 Å². The van der Waals surface area contributed by atoms with Crippen LogP contribution in [0.3, 0.4) is 0 Å². The van der Waals surface area contributed by atoms with E-state index in [0.29, 0.717) is 12.1 Å². The minimum atomic E-state index is -3.84. The Balaban J connectivity index is 1.50. The molecule has 0 aromatic heterocycles. The maximum absolute atomic E-state index is 13.0. The number of amides is 1. The molecule has 162 valence electrons. The molecule has 31 heavy (non-hydrogen) atoms. The quantitative estimate of drug-likeness (QED) is 0.494. The Morgan fingerprint density at radius 3 is 2.23 bits per heavy atom. The Morgan fingerprint density at radius 1 is 0.935 bits per heavy atom. The van der Waals surface area contributed by atoms with Gasteiger partial charge in [0.25, 0.3) is 15.9 Å². The van der Waals surface area contributed by atoms with Crippen LogP contribution in [0.25, 0.3) is 0 Å². The second-order valence-electron chi connectivity index (χ2n) is 7.00. The molecule has 0 atom stereocenters. The van der Waals surface area contributed by atoms with Crippen molar-refractivity contribution in [2.75, 3.05) is 29.8 Å². The van der Waals surface area contributed by atoms with Crippen LogP contribution in [0.5, 0.6) is 0 Å². The van der Waals surface area contributed by atoms with Gasteiger partial charge in [0.05, 0.1) is 4.90 Å². The number of nitrogens with one attached hydrogen (secondary N) is 2. The number of anilines is 2. The van der Waals surface area contributed by atoms with Crippen molar-refractivity contribution in [1.29, 1.82) is 0 Å². The number of benzene rings is 3. The van der Waals surface area contributed by atoms with Crippen LogP contribution in [0.15, 0.2) is 83.8 Å². The topological polar surface area (TPSA) is 78.5 Å². The van der Waals surface area contributed by atoms with E-state index in [0.717, 1.165) is 18.7 Å². The molecule has 3 rings (SSSR count). The van der Waals surface area contributed by atoms with E-state index in [9.17, 15) is 17.6 Å². The summed E-state index contributed by atoms with van der Waals surface area (Å²) in [4.78, 5) is 14.4. The fourth-order valence-electron chi connectivity index (χ4n) is 2.95. The standard InChI is InChI=1S/C23H24FN3O3S/c1-27(21-6-3-2-4-7-21)17-5-16-25-23(28)18-8-14-22(15-9-18)31(29,30)26-20-12-10-19(24)11-13-20/h2-4,6-15,26H,5,16-17H2,1H3,(H,25,28). The molecule has 0 heterocycles. The molecule has 0 aliphatic carbocycles. The van der Waals surface area contributed by atoms with Crippen LogP contribution in [0, 0.1) is 5.82 Å². The van der Waals surface area contributed by atoms with Gasteiger partial charge in [-0.2, -0.15) is 0 Å². The van der Waals surface area contributed by atoms with E-state index >= 15 is 0 Å². The zero-order chi connectivity index (χ0) is 22.3. The lowest BCUT2D eigenvalue weighted by Crippen LogP contribution is -2.28. The van der Waals surface area contributed by atoms with E-state index in [4.69, 9.17) is 0 Å². The first-order chi connectivity index (χ1) is 14.8. The first-order valence-electron chi connectivity index (χ1n) is 9.78. The Labute approximate surface area is 181 Å². The van der Waals surface area contributed by atoms with Gasteiger partial charge in [-0.25, -0.2) is 12.8 Å². The normalized spacial score (nSPS) is 11.0. The summed E-state index contributed by atoms with van der Waals surface area (Å²) in [6.07, 6.45) is 0.769. The largest absolute Gasteiger partial charge is 0.375 e. The van der Waals surface area contributed by atoms with Gasteiger partial charge in [0.1, 0.15) is 5.82 Å². The number of hydrogen-bond donors (Lipinski definition) is 2. The molecule has 0 bridgehead atoms. The van der Waals surface area contributed by atoms with Gasteiger partial charge in [0.15, 0.2) is 0 Å². The predicted octanol–water partition coefficient (Wildman–Crippen LogP) is 3.88. The van der Waals surface area contributed by atoms with E-state index in [1.165, 1.54) is 48.5 Å². The van der Waals surface area contributed by atoms with Crippen LogP contribution in [0.1, 0.15) is 16.8 Å². The monoisotopic (exact) mass is 441 g/mol. The van der Waals surface area contributed by atoms with E-state index in [1.807, 2.05) is 37.4 Å². The highest BCUT2D eigenvalue weighted by Gasteiger charge is 2.15. The van der Waals surface area contributed by atoms with E-state index in [2.05, 4.69) is 14.9 Å². The minimum absolute atomic E-state index is 0.0119. The van der Waals surface area contributed by atoms with Crippen molar-refractivity contribution in [3.8, 4) is 0 Å². The Hall–Kier alpha value is -3.39. The van der Waals surface area contributed by atoms with E-state index in [-0.39, 0.29) is 16.5 Å². The Bertz CT molecular complexity index is 1100. The summed E-state index contributed by atoms with van der Waals surface area (Å²) in [5.41, 5.74) is 1.74. The number of nitrogens with zero attached hydrogens (tertiary/aromatic N) is 1. The molecule has 0 spiro atoms. The summed E-state index contributed by atoms with van der Waals surface area (Å²) in [5, 5.41) is 2.84. The molecule has 0 saturated carbocycles. The predicted molar refractivity (Wildman–Crippen MR) is 120 cm³/mol. The average Bonchev–Trinajstić information content (AvgIpc) is 2.78. The molecule has 0 unspecified atom stereocenters. The third kappa shape index (κ3) is 6.29. The molecule has 3 aromatic carbocycles. The summed E-state index contributed by atoms with van der Waals surface area (Å²) in [6.45, 7) is 1.29. The fraction of sp³-hybridized carbons (Fsp3) is 0.174. The van der Waals surface area contributed by atoms with Crippen LogP contribution < -0.4 is 14.9 Å². The maximum atomic E-state index is 13.0. The van der Waals surface area contributed by atoms with Gasteiger partial charge in [-0.15, -0.1) is 0 Å². The lowest BCUT2D eigenvalue weighted by atomic mass is 10.2. The molecular formula is C23H24FN3O3S.